The normalized spacial score (nSPS) is 13.6. The largest absolute Gasteiger partial charge is 0.381 e. The van der Waals surface area contributed by atoms with Gasteiger partial charge in [-0.15, -0.1) is 0 Å². The first-order valence-electron chi connectivity index (χ1n) is 11.2. The average molecular weight is 491 g/mol. The summed E-state index contributed by atoms with van der Waals surface area (Å²) in [6.45, 7) is 1.06. The number of nitrogens with one attached hydrogen (secondary N) is 1. The monoisotopic (exact) mass is 490 g/mol. The standard InChI is InChI=1S/C27H24F2N4O3/c1-18(20-8-5-9-21(12-20)25(34)19-6-3-2-4-7-19)26(35)31-14-27(36,15-33-17-30-16-32-33)23-11-10-22(28)13-24(23)29/h2-13,16-18,36H,14-15H2,1H3,(H,31,35)/t18-,27-/m1/s1. The van der Waals surface area contributed by atoms with Crippen molar-refractivity contribution in [3.8, 4) is 0 Å². The fourth-order valence-corrected chi connectivity index (χ4v) is 3.93. The summed E-state index contributed by atoms with van der Waals surface area (Å²) in [6.07, 6.45) is 2.60. The molecule has 1 aromatic heterocycles. The molecule has 0 aliphatic heterocycles. The van der Waals surface area contributed by atoms with E-state index in [4.69, 9.17) is 0 Å². The number of hydrogen-bond donors (Lipinski definition) is 2. The zero-order chi connectivity index (χ0) is 25.7. The van der Waals surface area contributed by atoms with Gasteiger partial charge < -0.3 is 10.4 Å². The molecule has 0 fully saturated rings. The maximum atomic E-state index is 14.6. The molecule has 0 bridgehead atoms. The fourth-order valence-electron chi connectivity index (χ4n) is 3.93. The molecule has 7 nitrogen and oxygen atoms in total. The maximum Gasteiger partial charge on any atom is 0.227 e. The van der Waals surface area contributed by atoms with Crippen molar-refractivity contribution in [1.29, 1.82) is 0 Å². The van der Waals surface area contributed by atoms with Crippen molar-refractivity contribution in [2.75, 3.05) is 6.54 Å². The maximum absolute atomic E-state index is 14.6. The van der Waals surface area contributed by atoms with Crippen LogP contribution in [0.15, 0.2) is 85.5 Å². The van der Waals surface area contributed by atoms with E-state index in [1.807, 2.05) is 6.07 Å². The number of aromatic nitrogens is 3. The third kappa shape index (κ3) is 5.52. The van der Waals surface area contributed by atoms with Gasteiger partial charge in [-0.2, -0.15) is 5.10 Å². The van der Waals surface area contributed by atoms with Crippen molar-refractivity contribution < 1.29 is 23.5 Å². The molecule has 0 saturated heterocycles. The number of benzene rings is 3. The van der Waals surface area contributed by atoms with Crippen molar-refractivity contribution in [3.63, 3.8) is 0 Å². The molecule has 1 heterocycles. The SMILES string of the molecule is C[C@@H](C(=O)NC[C@@](O)(Cn1cncn1)c1ccc(F)cc1F)c1cccc(C(=O)c2ccccc2)c1. The van der Waals surface area contributed by atoms with Gasteiger partial charge in [0, 0.05) is 22.8 Å². The van der Waals surface area contributed by atoms with Gasteiger partial charge in [0.05, 0.1) is 19.0 Å². The molecule has 36 heavy (non-hydrogen) atoms. The lowest BCUT2D eigenvalue weighted by Gasteiger charge is -2.29. The van der Waals surface area contributed by atoms with Gasteiger partial charge in [0.2, 0.25) is 5.91 Å². The van der Waals surface area contributed by atoms with Crippen LogP contribution in [-0.4, -0.2) is 38.1 Å². The van der Waals surface area contributed by atoms with E-state index in [2.05, 4.69) is 15.4 Å². The first kappa shape index (κ1) is 24.9. The van der Waals surface area contributed by atoms with Crippen LogP contribution in [0.25, 0.3) is 0 Å². The highest BCUT2D eigenvalue weighted by Gasteiger charge is 2.34. The summed E-state index contributed by atoms with van der Waals surface area (Å²) in [7, 11) is 0. The number of aliphatic hydroxyl groups is 1. The predicted molar refractivity (Wildman–Crippen MR) is 128 cm³/mol. The highest BCUT2D eigenvalue weighted by molar-refractivity contribution is 6.09. The summed E-state index contributed by atoms with van der Waals surface area (Å²) in [5, 5.41) is 18.0. The molecule has 4 aromatic rings. The molecule has 0 radical (unpaired) electrons. The predicted octanol–water partition coefficient (Wildman–Crippen LogP) is 3.60. The van der Waals surface area contributed by atoms with Crippen molar-refractivity contribution in [2.24, 2.45) is 0 Å². The number of amides is 1. The summed E-state index contributed by atoms with van der Waals surface area (Å²) >= 11 is 0. The molecule has 184 valence electrons. The van der Waals surface area contributed by atoms with Gasteiger partial charge >= 0.3 is 0 Å². The molecule has 0 unspecified atom stereocenters. The third-order valence-electron chi connectivity index (χ3n) is 5.96. The van der Waals surface area contributed by atoms with E-state index >= 15 is 0 Å². The van der Waals surface area contributed by atoms with Gasteiger partial charge in [0.1, 0.15) is 29.9 Å². The van der Waals surface area contributed by atoms with Crippen LogP contribution in [0.5, 0.6) is 0 Å². The molecule has 0 spiro atoms. The number of nitrogens with zero attached hydrogens (tertiary/aromatic N) is 3. The second-order valence-electron chi connectivity index (χ2n) is 8.51. The topological polar surface area (TPSA) is 97.1 Å². The van der Waals surface area contributed by atoms with E-state index < -0.39 is 29.1 Å². The van der Waals surface area contributed by atoms with E-state index in [0.717, 1.165) is 12.1 Å². The van der Waals surface area contributed by atoms with Crippen LogP contribution in [0.1, 0.15) is 39.9 Å². The second-order valence-corrected chi connectivity index (χ2v) is 8.51. The third-order valence-corrected chi connectivity index (χ3v) is 5.96. The molecule has 9 heteroatoms. The molecular weight excluding hydrogens is 466 g/mol. The molecule has 2 atom stereocenters. The van der Waals surface area contributed by atoms with E-state index in [9.17, 15) is 23.5 Å². The molecule has 2 N–H and O–H groups in total. The summed E-state index contributed by atoms with van der Waals surface area (Å²) in [5.74, 6) is -3.03. The smallest absolute Gasteiger partial charge is 0.227 e. The van der Waals surface area contributed by atoms with Gasteiger partial charge in [-0.1, -0.05) is 54.6 Å². The number of hydrogen-bond acceptors (Lipinski definition) is 5. The Morgan fingerprint density at radius 1 is 1.03 bits per heavy atom. The van der Waals surface area contributed by atoms with Crippen molar-refractivity contribution in [1.82, 2.24) is 20.1 Å². The van der Waals surface area contributed by atoms with Crippen LogP contribution in [0.3, 0.4) is 0 Å². The van der Waals surface area contributed by atoms with Crippen molar-refractivity contribution >= 4 is 11.7 Å². The van der Waals surface area contributed by atoms with Crippen LogP contribution < -0.4 is 5.32 Å². The molecular formula is C27H24F2N4O3. The number of ketones is 1. The minimum Gasteiger partial charge on any atom is -0.381 e. The van der Waals surface area contributed by atoms with Crippen LogP contribution in [-0.2, 0) is 16.9 Å². The van der Waals surface area contributed by atoms with Crippen LogP contribution in [0, 0.1) is 11.6 Å². The molecule has 0 aliphatic carbocycles. The Balaban J connectivity index is 1.52. The van der Waals surface area contributed by atoms with Gasteiger partial charge in [0.25, 0.3) is 0 Å². The number of rotatable bonds is 9. The van der Waals surface area contributed by atoms with Crippen LogP contribution in [0.2, 0.25) is 0 Å². The zero-order valence-electron chi connectivity index (χ0n) is 19.4. The van der Waals surface area contributed by atoms with Crippen LogP contribution in [0.4, 0.5) is 8.78 Å². The Morgan fingerprint density at radius 2 is 1.78 bits per heavy atom. The Labute approximate surface area is 206 Å². The van der Waals surface area contributed by atoms with E-state index in [1.54, 1.807) is 55.5 Å². The molecule has 1 amide bonds. The van der Waals surface area contributed by atoms with E-state index in [1.165, 1.54) is 17.3 Å². The second kappa shape index (κ2) is 10.6. The zero-order valence-corrected chi connectivity index (χ0v) is 19.4. The van der Waals surface area contributed by atoms with Crippen molar-refractivity contribution in [3.05, 3.63) is 119 Å². The van der Waals surface area contributed by atoms with Crippen molar-refractivity contribution in [2.45, 2.75) is 25.0 Å². The number of carbonyl (C=O) groups excluding carboxylic acids is 2. The number of halogens is 2. The Hall–Kier alpha value is -4.24. The Bertz CT molecular complexity index is 1360. The first-order valence-corrected chi connectivity index (χ1v) is 11.2. The van der Waals surface area contributed by atoms with E-state index in [-0.39, 0.29) is 24.4 Å². The van der Waals surface area contributed by atoms with E-state index in [0.29, 0.717) is 22.8 Å². The Morgan fingerprint density at radius 3 is 2.47 bits per heavy atom. The minimum absolute atomic E-state index is 0.168. The highest BCUT2D eigenvalue weighted by Crippen LogP contribution is 2.27. The molecule has 4 rings (SSSR count). The lowest BCUT2D eigenvalue weighted by molar-refractivity contribution is -0.123. The summed E-state index contributed by atoms with van der Waals surface area (Å²) in [5.41, 5.74) is -0.558. The summed E-state index contributed by atoms with van der Waals surface area (Å²) in [4.78, 5) is 29.6. The first-order chi connectivity index (χ1) is 17.3. The summed E-state index contributed by atoms with van der Waals surface area (Å²) < 4.78 is 29.4. The summed E-state index contributed by atoms with van der Waals surface area (Å²) in [6, 6.07) is 18.4. The lowest BCUT2D eigenvalue weighted by atomic mass is 9.91. The molecule has 3 aromatic carbocycles. The minimum atomic E-state index is -1.94. The average Bonchev–Trinajstić information content (AvgIpc) is 3.39. The molecule has 0 saturated carbocycles. The fraction of sp³-hybridized carbons (Fsp3) is 0.185. The van der Waals surface area contributed by atoms with Gasteiger partial charge in [-0.3, -0.25) is 9.59 Å². The quantitative estimate of drug-likeness (QED) is 0.350. The van der Waals surface area contributed by atoms with Gasteiger partial charge in [-0.05, 0) is 24.6 Å². The highest BCUT2D eigenvalue weighted by atomic mass is 19.1. The van der Waals surface area contributed by atoms with Crippen LogP contribution >= 0.6 is 0 Å². The number of carbonyl (C=O) groups is 2. The van der Waals surface area contributed by atoms with Gasteiger partial charge in [-0.25, -0.2) is 18.4 Å². The van der Waals surface area contributed by atoms with Gasteiger partial charge in [0.15, 0.2) is 5.78 Å². The lowest BCUT2D eigenvalue weighted by Crippen LogP contribution is -2.45. The molecule has 0 aliphatic rings. The Kier molecular flexibility index (Phi) is 7.30.